The molecule has 0 saturated carbocycles. The fourth-order valence-electron chi connectivity index (χ4n) is 2.55. The van der Waals surface area contributed by atoms with E-state index in [1.54, 1.807) is 22.8 Å². The van der Waals surface area contributed by atoms with Crippen LogP contribution in [-0.4, -0.2) is 44.6 Å². The zero-order valence-electron chi connectivity index (χ0n) is 11.2. The lowest BCUT2D eigenvalue weighted by molar-refractivity contribution is 0.360. The summed E-state index contributed by atoms with van der Waals surface area (Å²) in [6, 6.07) is 7.43. The summed E-state index contributed by atoms with van der Waals surface area (Å²) in [6.07, 6.45) is 4.35. The molecule has 108 valence electrons. The highest BCUT2D eigenvalue weighted by Gasteiger charge is 2.27. The van der Waals surface area contributed by atoms with Crippen molar-refractivity contribution < 1.29 is 9.11 Å². The van der Waals surface area contributed by atoms with Gasteiger partial charge < -0.3 is 5.32 Å². The first-order valence-electron chi connectivity index (χ1n) is 6.76. The molecule has 0 aliphatic carbocycles. The zero-order chi connectivity index (χ0) is 14.0. The Bertz CT molecular complexity index is 592. The first-order valence-corrected chi connectivity index (χ1v) is 8.27. The Hall–Kier alpha value is -1.18. The normalized spacial score (nSPS) is 18.9. The van der Waals surface area contributed by atoms with Gasteiger partial charge in [0.2, 0.25) is 0 Å². The van der Waals surface area contributed by atoms with E-state index in [0.717, 1.165) is 30.3 Å². The Kier molecular flexibility index (Phi) is 3.91. The van der Waals surface area contributed by atoms with Crippen molar-refractivity contribution in [2.75, 3.05) is 26.2 Å². The number of nitrogens with zero attached hydrogens (tertiary/aromatic N) is 2. The molecule has 5 nitrogen and oxygen atoms in total. The Morgan fingerprint density at radius 1 is 1.15 bits per heavy atom. The van der Waals surface area contributed by atoms with Crippen LogP contribution in [-0.2, 0) is 0 Å². The van der Waals surface area contributed by atoms with Gasteiger partial charge in [0.1, 0.15) is 0 Å². The molecule has 0 radical (unpaired) electrons. The molecular weight excluding hydrogens is 274 g/mol. The van der Waals surface area contributed by atoms with E-state index >= 15 is 0 Å². The fourth-order valence-corrected chi connectivity index (χ4v) is 4.30. The van der Waals surface area contributed by atoms with E-state index < -0.39 is 10.8 Å². The number of nitrogens with one attached hydrogen (secondary N) is 1. The third-order valence-corrected chi connectivity index (χ3v) is 5.63. The molecule has 20 heavy (non-hydrogen) atoms. The number of rotatable bonds is 2. The van der Waals surface area contributed by atoms with Crippen molar-refractivity contribution in [1.29, 1.82) is 0 Å². The van der Waals surface area contributed by atoms with Gasteiger partial charge in [0.15, 0.2) is 0 Å². The number of pyridine rings is 1. The van der Waals surface area contributed by atoms with Crippen molar-refractivity contribution in [3.63, 3.8) is 0 Å². The lowest BCUT2D eigenvalue weighted by Gasteiger charge is -2.42. The molecule has 1 fully saturated rings. The highest BCUT2D eigenvalue weighted by Crippen LogP contribution is 2.53. The predicted octanol–water partition coefficient (Wildman–Crippen LogP) is 2.55. The Balaban J connectivity index is 2.03. The molecule has 0 amide bonds. The van der Waals surface area contributed by atoms with Gasteiger partial charge in [-0.15, -0.1) is 10.8 Å². The number of benzene rings is 1. The second-order valence-electron chi connectivity index (χ2n) is 4.90. The van der Waals surface area contributed by atoms with Gasteiger partial charge in [-0.3, -0.25) is 14.1 Å². The molecule has 1 aromatic heterocycles. The molecule has 2 aromatic rings. The maximum Gasteiger partial charge on any atom is 0.0832 e. The molecule has 0 unspecified atom stereocenters. The topological polar surface area (TPSA) is 68.6 Å². The minimum atomic E-state index is -2.95. The molecular formula is C14H19N3O2S. The highest BCUT2D eigenvalue weighted by molar-refractivity contribution is 8.22. The van der Waals surface area contributed by atoms with Gasteiger partial charge in [0.25, 0.3) is 0 Å². The summed E-state index contributed by atoms with van der Waals surface area (Å²) in [4.78, 5) is 4.68. The average Bonchev–Trinajstić information content (AvgIpc) is 2.76. The lowest BCUT2D eigenvalue weighted by atomic mass is 10.2. The van der Waals surface area contributed by atoms with Gasteiger partial charge in [-0.05, 0) is 25.1 Å². The largest absolute Gasteiger partial charge is 0.315 e. The van der Waals surface area contributed by atoms with Crippen molar-refractivity contribution in [2.24, 2.45) is 0 Å². The summed E-state index contributed by atoms with van der Waals surface area (Å²) in [5.41, 5.74) is 0. The van der Waals surface area contributed by atoms with E-state index in [0.29, 0.717) is 18.0 Å². The smallest absolute Gasteiger partial charge is 0.0832 e. The van der Waals surface area contributed by atoms with Crippen LogP contribution in [0.2, 0.25) is 0 Å². The second kappa shape index (κ2) is 5.67. The quantitative estimate of drug-likeness (QED) is 0.794. The summed E-state index contributed by atoms with van der Waals surface area (Å²) in [7, 11) is -2.95. The van der Waals surface area contributed by atoms with Gasteiger partial charge in [0.05, 0.1) is 4.90 Å². The SMILES string of the molecule is OS(O)(c1cccc2cnccc12)N1CCCNCC1. The third kappa shape index (κ3) is 2.53. The lowest BCUT2D eigenvalue weighted by Crippen LogP contribution is -2.31. The molecule has 1 aromatic carbocycles. The van der Waals surface area contributed by atoms with Gasteiger partial charge in [-0.1, -0.05) is 12.1 Å². The molecule has 3 rings (SSSR count). The summed E-state index contributed by atoms with van der Waals surface area (Å²) in [5, 5.41) is 5.07. The van der Waals surface area contributed by atoms with Crippen molar-refractivity contribution in [2.45, 2.75) is 11.3 Å². The molecule has 1 saturated heterocycles. The molecule has 0 spiro atoms. The van der Waals surface area contributed by atoms with E-state index in [9.17, 15) is 9.11 Å². The van der Waals surface area contributed by atoms with Gasteiger partial charge in [0, 0.05) is 42.8 Å². The van der Waals surface area contributed by atoms with Gasteiger partial charge >= 0.3 is 0 Å². The number of hydrogen-bond acceptors (Lipinski definition) is 5. The van der Waals surface area contributed by atoms with Gasteiger partial charge in [-0.2, -0.15) is 0 Å². The van der Waals surface area contributed by atoms with Crippen LogP contribution in [0.5, 0.6) is 0 Å². The van der Waals surface area contributed by atoms with E-state index in [1.165, 1.54) is 0 Å². The number of aromatic nitrogens is 1. The summed E-state index contributed by atoms with van der Waals surface area (Å²) >= 11 is 0. The van der Waals surface area contributed by atoms with Crippen LogP contribution in [0.3, 0.4) is 0 Å². The molecule has 3 N–H and O–H groups in total. The minimum Gasteiger partial charge on any atom is -0.315 e. The third-order valence-electron chi connectivity index (χ3n) is 3.59. The van der Waals surface area contributed by atoms with Crippen LogP contribution < -0.4 is 5.32 Å². The van der Waals surface area contributed by atoms with Crippen LogP contribution in [0.1, 0.15) is 6.42 Å². The van der Waals surface area contributed by atoms with Crippen LogP contribution in [0.25, 0.3) is 10.8 Å². The Morgan fingerprint density at radius 2 is 2.05 bits per heavy atom. The Labute approximate surface area is 120 Å². The first-order chi connectivity index (χ1) is 9.69. The average molecular weight is 293 g/mol. The van der Waals surface area contributed by atoms with Crippen molar-refractivity contribution >= 4 is 21.5 Å². The predicted molar refractivity (Wildman–Crippen MR) is 81.9 cm³/mol. The monoisotopic (exact) mass is 293 g/mol. The van der Waals surface area contributed by atoms with Gasteiger partial charge in [-0.25, -0.2) is 4.31 Å². The minimum absolute atomic E-state index is 0.597. The molecule has 1 aliphatic heterocycles. The van der Waals surface area contributed by atoms with Crippen LogP contribution >= 0.6 is 10.8 Å². The van der Waals surface area contributed by atoms with Crippen LogP contribution in [0.15, 0.2) is 41.6 Å². The molecule has 0 atom stereocenters. The van der Waals surface area contributed by atoms with Crippen LogP contribution in [0, 0.1) is 0 Å². The first kappa shape index (κ1) is 13.8. The standard InChI is InChI=1S/C14H19N3O2S/c18-20(19,17-9-2-6-15-8-10-17)14-4-1-3-12-11-16-7-5-13(12)14/h1,3-5,7,11,15,18-19H,2,6,8-10H2. The second-order valence-corrected chi connectivity index (χ2v) is 6.90. The molecule has 2 heterocycles. The van der Waals surface area contributed by atoms with E-state index in [2.05, 4.69) is 10.3 Å². The van der Waals surface area contributed by atoms with Crippen molar-refractivity contribution in [3.8, 4) is 0 Å². The van der Waals surface area contributed by atoms with E-state index in [4.69, 9.17) is 0 Å². The van der Waals surface area contributed by atoms with Crippen LogP contribution in [0.4, 0.5) is 0 Å². The summed E-state index contributed by atoms with van der Waals surface area (Å²) in [6.45, 7) is 3.04. The van der Waals surface area contributed by atoms with E-state index in [-0.39, 0.29) is 0 Å². The summed E-state index contributed by atoms with van der Waals surface area (Å²) in [5.74, 6) is 0. The fraction of sp³-hybridized carbons (Fsp3) is 0.357. The molecule has 1 aliphatic rings. The van der Waals surface area contributed by atoms with Crippen molar-refractivity contribution in [1.82, 2.24) is 14.6 Å². The summed E-state index contributed by atoms with van der Waals surface area (Å²) < 4.78 is 23.3. The Morgan fingerprint density at radius 3 is 2.95 bits per heavy atom. The zero-order valence-corrected chi connectivity index (χ0v) is 12.0. The number of hydrogen-bond donors (Lipinski definition) is 3. The molecule has 6 heteroatoms. The van der Waals surface area contributed by atoms with Crippen molar-refractivity contribution in [3.05, 3.63) is 36.7 Å². The maximum atomic E-state index is 10.8. The number of fused-ring (bicyclic) bond motifs is 1. The van der Waals surface area contributed by atoms with E-state index in [1.807, 2.05) is 18.2 Å². The maximum absolute atomic E-state index is 10.8. The molecule has 0 bridgehead atoms. The highest BCUT2D eigenvalue weighted by atomic mass is 32.3.